The van der Waals surface area contributed by atoms with Crippen molar-refractivity contribution in [2.24, 2.45) is 0 Å². The van der Waals surface area contributed by atoms with Crippen LogP contribution in [-0.4, -0.2) is 49.6 Å². The van der Waals surface area contributed by atoms with Crippen molar-refractivity contribution in [3.05, 3.63) is 28.2 Å². The molecular weight excluding hydrogens is 375 g/mol. The Morgan fingerprint density at radius 1 is 1.00 bits per heavy atom. The Bertz CT molecular complexity index is 617. The molecule has 0 aromatic heterocycles. The highest BCUT2D eigenvalue weighted by molar-refractivity contribution is 6.42. The van der Waals surface area contributed by atoms with E-state index in [-0.39, 0.29) is 11.9 Å². The summed E-state index contributed by atoms with van der Waals surface area (Å²) in [6.45, 7) is 5.21. The molecule has 1 saturated heterocycles. The van der Waals surface area contributed by atoms with Gasteiger partial charge in [-0.05, 0) is 38.0 Å². The number of rotatable bonds is 8. The third-order valence-corrected chi connectivity index (χ3v) is 5.22. The topological polar surface area (TPSA) is 49.9 Å². The molecule has 2 rings (SSSR count). The number of piperazine rings is 1. The molecule has 0 radical (unpaired) electrons. The second-order valence-electron chi connectivity index (χ2n) is 6.33. The molecule has 1 aliphatic heterocycles. The molecule has 0 aliphatic carbocycles. The predicted molar refractivity (Wildman–Crippen MR) is 105 cm³/mol. The SMILES string of the molecule is CCOC(=O)CCCCCC(=O)N1CCN(c2ccc(Cl)c(Cl)c2)CC1. The number of unbranched alkanes of at least 4 members (excludes halogenated alkanes) is 2. The van der Waals surface area contributed by atoms with Gasteiger partial charge in [0.05, 0.1) is 16.7 Å². The van der Waals surface area contributed by atoms with Crippen molar-refractivity contribution < 1.29 is 14.3 Å². The first-order valence-corrected chi connectivity index (χ1v) is 9.90. The zero-order valence-corrected chi connectivity index (χ0v) is 16.7. The molecule has 5 nitrogen and oxygen atoms in total. The smallest absolute Gasteiger partial charge is 0.305 e. The molecule has 0 saturated carbocycles. The number of carbonyl (C=O) groups excluding carboxylic acids is 2. The summed E-state index contributed by atoms with van der Waals surface area (Å²) in [4.78, 5) is 27.7. The molecule has 1 aliphatic rings. The number of halogens is 2. The number of nitrogens with zero attached hydrogens (tertiary/aromatic N) is 2. The Morgan fingerprint density at radius 2 is 1.69 bits per heavy atom. The lowest BCUT2D eigenvalue weighted by molar-refractivity contribution is -0.143. The standard InChI is InChI=1S/C19H26Cl2N2O3/c1-2-26-19(25)7-5-3-4-6-18(24)23-12-10-22(11-13-23)15-8-9-16(20)17(21)14-15/h8-9,14H,2-7,10-13H2,1H3. The number of hydrogen-bond acceptors (Lipinski definition) is 4. The minimum atomic E-state index is -0.155. The Hall–Kier alpha value is -1.46. The van der Waals surface area contributed by atoms with Crippen LogP contribution in [0.3, 0.4) is 0 Å². The van der Waals surface area contributed by atoms with E-state index in [0.29, 0.717) is 42.6 Å². The molecule has 0 spiro atoms. The highest BCUT2D eigenvalue weighted by Crippen LogP contribution is 2.27. The number of ether oxygens (including phenoxy) is 1. The molecule has 7 heteroatoms. The number of hydrogen-bond donors (Lipinski definition) is 0. The number of carbonyl (C=O) groups is 2. The van der Waals surface area contributed by atoms with Gasteiger partial charge in [-0.2, -0.15) is 0 Å². The first-order chi connectivity index (χ1) is 12.5. The highest BCUT2D eigenvalue weighted by Gasteiger charge is 2.21. The third kappa shape index (κ3) is 6.36. The van der Waals surface area contributed by atoms with Crippen molar-refractivity contribution in [2.45, 2.75) is 39.0 Å². The number of amides is 1. The Morgan fingerprint density at radius 3 is 2.35 bits per heavy atom. The van der Waals surface area contributed by atoms with Gasteiger partial charge in [-0.25, -0.2) is 0 Å². The van der Waals surface area contributed by atoms with Crippen molar-refractivity contribution >= 4 is 40.8 Å². The van der Waals surface area contributed by atoms with Crippen molar-refractivity contribution in [1.82, 2.24) is 4.90 Å². The van der Waals surface area contributed by atoms with Gasteiger partial charge in [-0.15, -0.1) is 0 Å². The van der Waals surface area contributed by atoms with Crippen LogP contribution in [0.4, 0.5) is 5.69 Å². The quantitative estimate of drug-likeness (QED) is 0.485. The summed E-state index contributed by atoms with van der Waals surface area (Å²) >= 11 is 12.0. The van der Waals surface area contributed by atoms with E-state index in [0.717, 1.165) is 38.0 Å². The maximum absolute atomic E-state index is 12.3. The van der Waals surface area contributed by atoms with Crippen molar-refractivity contribution in [2.75, 3.05) is 37.7 Å². The van der Waals surface area contributed by atoms with Crippen LogP contribution in [-0.2, 0) is 14.3 Å². The number of esters is 1. The maximum Gasteiger partial charge on any atom is 0.305 e. The second kappa shape index (κ2) is 10.6. The van der Waals surface area contributed by atoms with Gasteiger partial charge in [-0.3, -0.25) is 9.59 Å². The first-order valence-electron chi connectivity index (χ1n) is 9.14. The Labute approximate surface area is 165 Å². The van der Waals surface area contributed by atoms with E-state index in [1.165, 1.54) is 0 Å². The highest BCUT2D eigenvalue weighted by atomic mass is 35.5. The number of benzene rings is 1. The summed E-state index contributed by atoms with van der Waals surface area (Å²) in [5.74, 6) is 0.0344. The fraction of sp³-hybridized carbons (Fsp3) is 0.579. The lowest BCUT2D eigenvalue weighted by Crippen LogP contribution is -2.48. The first kappa shape index (κ1) is 20.8. The largest absolute Gasteiger partial charge is 0.466 e. The average Bonchev–Trinajstić information content (AvgIpc) is 2.64. The molecule has 1 aromatic carbocycles. The molecule has 1 heterocycles. The molecule has 0 N–H and O–H groups in total. The fourth-order valence-electron chi connectivity index (χ4n) is 3.01. The molecule has 1 aromatic rings. The Balaban J connectivity index is 1.66. The van der Waals surface area contributed by atoms with Gasteiger partial charge >= 0.3 is 5.97 Å². The fourth-order valence-corrected chi connectivity index (χ4v) is 3.30. The van der Waals surface area contributed by atoms with Gasteiger partial charge in [-0.1, -0.05) is 29.6 Å². The summed E-state index contributed by atoms with van der Waals surface area (Å²) in [5, 5.41) is 1.10. The summed E-state index contributed by atoms with van der Waals surface area (Å²) in [7, 11) is 0. The van der Waals surface area contributed by atoms with E-state index in [1.54, 1.807) is 13.0 Å². The summed E-state index contributed by atoms with van der Waals surface area (Å²) in [5.41, 5.74) is 1.03. The molecular formula is C19H26Cl2N2O3. The van der Waals surface area contributed by atoms with E-state index >= 15 is 0 Å². The van der Waals surface area contributed by atoms with Gasteiger partial charge in [0.1, 0.15) is 0 Å². The van der Waals surface area contributed by atoms with Crippen molar-refractivity contribution in [3.8, 4) is 0 Å². The lowest BCUT2D eigenvalue weighted by Gasteiger charge is -2.36. The van der Waals surface area contributed by atoms with Crippen LogP contribution < -0.4 is 4.90 Å². The van der Waals surface area contributed by atoms with Gasteiger partial charge < -0.3 is 14.5 Å². The van der Waals surface area contributed by atoms with Gasteiger partial charge in [0.2, 0.25) is 5.91 Å². The molecule has 0 bridgehead atoms. The molecule has 0 atom stereocenters. The van der Waals surface area contributed by atoms with Crippen LogP contribution in [0.2, 0.25) is 10.0 Å². The van der Waals surface area contributed by atoms with Crippen LogP contribution in [0.15, 0.2) is 18.2 Å². The van der Waals surface area contributed by atoms with E-state index in [4.69, 9.17) is 27.9 Å². The van der Waals surface area contributed by atoms with Gasteiger partial charge in [0.25, 0.3) is 0 Å². The summed E-state index contributed by atoms with van der Waals surface area (Å²) < 4.78 is 4.89. The van der Waals surface area contributed by atoms with E-state index in [1.807, 2.05) is 17.0 Å². The molecule has 1 amide bonds. The number of anilines is 1. The normalized spacial score (nSPS) is 14.4. The van der Waals surface area contributed by atoms with E-state index in [2.05, 4.69) is 4.90 Å². The average molecular weight is 401 g/mol. The van der Waals surface area contributed by atoms with E-state index < -0.39 is 0 Å². The van der Waals surface area contributed by atoms with E-state index in [9.17, 15) is 9.59 Å². The monoisotopic (exact) mass is 400 g/mol. The van der Waals surface area contributed by atoms with Crippen LogP contribution in [0.25, 0.3) is 0 Å². The Kier molecular flexibility index (Phi) is 8.52. The predicted octanol–water partition coefficient (Wildman–Crippen LogP) is 4.16. The summed E-state index contributed by atoms with van der Waals surface area (Å²) in [6, 6.07) is 5.62. The molecule has 26 heavy (non-hydrogen) atoms. The lowest BCUT2D eigenvalue weighted by atomic mass is 10.1. The second-order valence-corrected chi connectivity index (χ2v) is 7.15. The zero-order valence-electron chi connectivity index (χ0n) is 15.2. The van der Waals surface area contributed by atoms with Crippen LogP contribution >= 0.6 is 23.2 Å². The molecule has 0 unspecified atom stereocenters. The van der Waals surface area contributed by atoms with Crippen molar-refractivity contribution in [3.63, 3.8) is 0 Å². The van der Waals surface area contributed by atoms with Gasteiger partial charge in [0, 0.05) is 44.7 Å². The minimum absolute atomic E-state index is 0.155. The van der Waals surface area contributed by atoms with Crippen LogP contribution in [0, 0.1) is 0 Å². The van der Waals surface area contributed by atoms with Crippen molar-refractivity contribution in [1.29, 1.82) is 0 Å². The minimum Gasteiger partial charge on any atom is -0.466 e. The maximum atomic E-state index is 12.3. The summed E-state index contributed by atoms with van der Waals surface area (Å²) in [6.07, 6.45) is 3.43. The molecule has 1 fully saturated rings. The van der Waals surface area contributed by atoms with Crippen LogP contribution in [0.1, 0.15) is 39.0 Å². The third-order valence-electron chi connectivity index (χ3n) is 4.48. The zero-order chi connectivity index (χ0) is 18.9. The van der Waals surface area contributed by atoms with Crippen LogP contribution in [0.5, 0.6) is 0 Å². The van der Waals surface area contributed by atoms with Gasteiger partial charge in [0.15, 0.2) is 0 Å². The molecule has 144 valence electrons.